The van der Waals surface area contributed by atoms with Gasteiger partial charge in [-0.3, -0.25) is 9.59 Å². The van der Waals surface area contributed by atoms with E-state index in [9.17, 15) is 9.59 Å². The summed E-state index contributed by atoms with van der Waals surface area (Å²) >= 11 is 7.55. The van der Waals surface area contributed by atoms with Crippen molar-refractivity contribution >= 4 is 46.4 Å². The highest BCUT2D eigenvalue weighted by atomic mass is 35.5. The minimum absolute atomic E-state index is 0.0125. The number of thioether (sulfide) groups is 1. The van der Waals surface area contributed by atoms with Crippen molar-refractivity contribution in [3.8, 4) is 0 Å². The highest BCUT2D eigenvalue weighted by Gasteiger charge is 2.20. The number of hydrogen-bond donors (Lipinski definition) is 2. The fourth-order valence-electron chi connectivity index (χ4n) is 2.98. The molecule has 1 aromatic heterocycles. The van der Waals surface area contributed by atoms with Gasteiger partial charge in [0.2, 0.25) is 5.91 Å². The van der Waals surface area contributed by atoms with Gasteiger partial charge < -0.3 is 15.2 Å². The van der Waals surface area contributed by atoms with Crippen molar-refractivity contribution in [2.75, 3.05) is 10.6 Å². The van der Waals surface area contributed by atoms with Crippen LogP contribution >= 0.6 is 23.4 Å². The Morgan fingerprint density at radius 2 is 1.81 bits per heavy atom. The van der Waals surface area contributed by atoms with E-state index >= 15 is 0 Å². The van der Waals surface area contributed by atoms with Crippen molar-refractivity contribution in [2.24, 2.45) is 0 Å². The number of aromatic nitrogens is 3. The van der Waals surface area contributed by atoms with Crippen LogP contribution in [-0.2, 0) is 17.9 Å². The SMILES string of the molecule is CCn1c(CNc2ccc(C)c(Cl)c2)nnc1S[C@@H](C)C(=O)Nc1ccc(C(C)=O)cc1. The van der Waals surface area contributed by atoms with Gasteiger partial charge in [-0.1, -0.05) is 29.4 Å². The first-order chi connectivity index (χ1) is 15.3. The van der Waals surface area contributed by atoms with Crippen LogP contribution in [0.1, 0.15) is 42.5 Å². The Hall–Kier alpha value is -2.84. The number of benzene rings is 2. The summed E-state index contributed by atoms with van der Waals surface area (Å²) in [7, 11) is 0. The number of aryl methyl sites for hydroxylation is 1. The smallest absolute Gasteiger partial charge is 0.237 e. The van der Waals surface area contributed by atoms with E-state index in [0.29, 0.717) is 34.5 Å². The molecule has 0 unspecified atom stereocenters. The molecule has 0 radical (unpaired) electrons. The molecule has 0 aliphatic carbocycles. The van der Waals surface area contributed by atoms with Gasteiger partial charge in [-0.15, -0.1) is 10.2 Å². The zero-order chi connectivity index (χ0) is 23.3. The van der Waals surface area contributed by atoms with Crippen molar-refractivity contribution in [3.05, 3.63) is 64.4 Å². The highest BCUT2D eigenvalue weighted by Crippen LogP contribution is 2.25. The van der Waals surface area contributed by atoms with E-state index < -0.39 is 0 Å². The standard InChI is InChI=1S/C23H26ClN5O2S/c1-5-29-21(13-25-19-9-6-14(2)20(24)12-19)27-28-23(29)32-16(4)22(31)26-18-10-7-17(8-11-18)15(3)30/h6-12,16,25H,5,13H2,1-4H3,(H,26,31)/t16-/m0/s1. The molecule has 0 fully saturated rings. The fraction of sp³-hybridized carbons (Fsp3) is 0.304. The molecular formula is C23H26ClN5O2S. The number of rotatable bonds is 9. The summed E-state index contributed by atoms with van der Waals surface area (Å²) in [5.41, 5.74) is 3.18. The van der Waals surface area contributed by atoms with Gasteiger partial charge in [0, 0.05) is 28.5 Å². The maximum Gasteiger partial charge on any atom is 0.237 e. The first kappa shape index (κ1) is 23.8. The van der Waals surface area contributed by atoms with Crippen LogP contribution in [0.2, 0.25) is 5.02 Å². The summed E-state index contributed by atoms with van der Waals surface area (Å²) in [5, 5.41) is 15.8. The van der Waals surface area contributed by atoms with E-state index in [1.807, 2.05) is 43.5 Å². The Bertz CT molecular complexity index is 1110. The maximum atomic E-state index is 12.6. The van der Waals surface area contributed by atoms with E-state index in [1.54, 1.807) is 24.3 Å². The average molecular weight is 472 g/mol. The summed E-state index contributed by atoms with van der Waals surface area (Å²) in [6.07, 6.45) is 0. The fourth-order valence-corrected chi connectivity index (χ4v) is 4.09. The second kappa shape index (κ2) is 10.7. The summed E-state index contributed by atoms with van der Waals surface area (Å²) in [6, 6.07) is 12.7. The molecule has 2 N–H and O–H groups in total. The van der Waals surface area contributed by atoms with Crippen LogP contribution in [0, 0.1) is 6.92 Å². The summed E-state index contributed by atoms with van der Waals surface area (Å²) in [6.45, 7) is 8.48. The maximum absolute atomic E-state index is 12.6. The van der Waals surface area contributed by atoms with Crippen LogP contribution in [-0.4, -0.2) is 31.7 Å². The van der Waals surface area contributed by atoms with Crippen molar-refractivity contribution in [3.63, 3.8) is 0 Å². The topological polar surface area (TPSA) is 88.9 Å². The third kappa shape index (κ3) is 5.89. The molecular weight excluding hydrogens is 446 g/mol. The van der Waals surface area contributed by atoms with Gasteiger partial charge in [0.1, 0.15) is 0 Å². The lowest BCUT2D eigenvalue weighted by molar-refractivity contribution is -0.115. The third-order valence-corrected chi connectivity index (χ3v) is 6.43. The Balaban J connectivity index is 1.62. The van der Waals surface area contributed by atoms with E-state index in [1.165, 1.54) is 18.7 Å². The molecule has 9 heteroatoms. The number of nitrogens with one attached hydrogen (secondary N) is 2. The third-order valence-electron chi connectivity index (χ3n) is 4.94. The quantitative estimate of drug-likeness (QED) is 0.329. The van der Waals surface area contributed by atoms with Crippen molar-refractivity contribution in [2.45, 2.75) is 51.2 Å². The summed E-state index contributed by atoms with van der Waals surface area (Å²) in [5.74, 6) is 0.616. The van der Waals surface area contributed by atoms with Gasteiger partial charge in [0.15, 0.2) is 16.8 Å². The molecule has 1 heterocycles. The number of carbonyl (C=O) groups excluding carboxylic acids is 2. The molecule has 3 aromatic rings. The first-order valence-electron chi connectivity index (χ1n) is 10.3. The zero-order valence-corrected chi connectivity index (χ0v) is 20.0. The van der Waals surface area contributed by atoms with Crippen molar-refractivity contribution < 1.29 is 9.59 Å². The predicted octanol–water partition coefficient (Wildman–Crippen LogP) is 5.19. The Kier molecular flexibility index (Phi) is 7.93. The average Bonchev–Trinajstić information content (AvgIpc) is 3.16. The summed E-state index contributed by atoms with van der Waals surface area (Å²) < 4.78 is 1.99. The molecule has 32 heavy (non-hydrogen) atoms. The van der Waals surface area contributed by atoms with Gasteiger partial charge in [0.25, 0.3) is 0 Å². The molecule has 0 aliphatic rings. The van der Waals surface area contributed by atoms with Crippen LogP contribution in [0.25, 0.3) is 0 Å². The van der Waals surface area contributed by atoms with E-state index in [2.05, 4.69) is 20.8 Å². The summed E-state index contributed by atoms with van der Waals surface area (Å²) in [4.78, 5) is 24.0. The van der Waals surface area contributed by atoms with Crippen LogP contribution in [0.4, 0.5) is 11.4 Å². The lowest BCUT2D eigenvalue weighted by Crippen LogP contribution is -2.23. The van der Waals surface area contributed by atoms with Crippen LogP contribution in [0.3, 0.4) is 0 Å². The number of amides is 1. The Morgan fingerprint density at radius 3 is 2.44 bits per heavy atom. The van der Waals surface area contributed by atoms with E-state index in [4.69, 9.17) is 11.6 Å². The molecule has 3 rings (SSSR count). The normalized spacial score (nSPS) is 11.8. The number of nitrogens with zero attached hydrogens (tertiary/aromatic N) is 3. The lowest BCUT2D eigenvalue weighted by atomic mass is 10.1. The number of hydrogen-bond acceptors (Lipinski definition) is 6. The van der Waals surface area contributed by atoms with E-state index in [-0.39, 0.29) is 16.9 Å². The molecule has 1 atom stereocenters. The van der Waals surface area contributed by atoms with Gasteiger partial charge in [-0.25, -0.2) is 0 Å². The predicted molar refractivity (Wildman–Crippen MR) is 130 cm³/mol. The van der Waals surface area contributed by atoms with Crippen molar-refractivity contribution in [1.29, 1.82) is 0 Å². The van der Waals surface area contributed by atoms with Crippen LogP contribution in [0.15, 0.2) is 47.6 Å². The van der Waals surface area contributed by atoms with Gasteiger partial charge in [-0.2, -0.15) is 0 Å². The first-order valence-corrected chi connectivity index (χ1v) is 11.5. The Morgan fingerprint density at radius 1 is 1.12 bits per heavy atom. The number of carbonyl (C=O) groups is 2. The number of Topliss-reactive ketones (excluding diaryl/α,β-unsaturated/α-hetero) is 1. The molecule has 7 nitrogen and oxygen atoms in total. The van der Waals surface area contributed by atoms with Crippen LogP contribution < -0.4 is 10.6 Å². The highest BCUT2D eigenvalue weighted by molar-refractivity contribution is 8.00. The van der Waals surface area contributed by atoms with Crippen LogP contribution in [0.5, 0.6) is 0 Å². The monoisotopic (exact) mass is 471 g/mol. The second-order valence-electron chi connectivity index (χ2n) is 7.34. The van der Waals surface area contributed by atoms with Crippen molar-refractivity contribution in [1.82, 2.24) is 14.8 Å². The molecule has 168 valence electrons. The number of ketones is 1. The zero-order valence-electron chi connectivity index (χ0n) is 18.5. The molecule has 0 saturated carbocycles. The minimum atomic E-state index is -0.381. The van der Waals surface area contributed by atoms with Gasteiger partial charge >= 0.3 is 0 Å². The number of anilines is 2. The molecule has 0 aliphatic heterocycles. The van der Waals surface area contributed by atoms with Gasteiger partial charge in [0.05, 0.1) is 11.8 Å². The molecule has 0 saturated heterocycles. The van der Waals surface area contributed by atoms with E-state index in [0.717, 1.165) is 17.1 Å². The minimum Gasteiger partial charge on any atom is -0.378 e. The largest absolute Gasteiger partial charge is 0.378 e. The lowest BCUT2D eigenvalue weighted by Gasteiger charge is -2.13. The molecule has 1 amide bonds. The molecule has 2 aromatic carbocycles. The molecule has 0 bridgehead atoms. The van der Waals surface area contributed by atoms with Gasteiger partial charge in [-0.05, 0) is 69.7 Å². The Labute approximate surface area is 197 Å². The second-order valence-corrected chi connectivity index (χ2v) is 9.06. The molecule has 0 spiro atoms. The number of halogens is 1.